The van der Waals surface area contributed by atoms with E-state index >= 15 is 0 Å². The van der Waals surface area contributed by atoms with E-state index in [9.17, 15) is 4.79 Å². The summed E-state index contributed by atoms with van der Waals surface area (Å²) in [6.07, 6.45) is 3.58. The lowest BCUT2D eigenvalue weighted by Gasteiger charge is -2.16. The summed E-state index contributed by atoms with van der Waals surface area (Å²) in [5, 5.41) is 11.7. The van der Waals surface area contributed by atoms with Crippen LogP contribution in [-0.4, -0.2) is 22.6 Å². The first-order chi connectivity index (χ1) is 11.6. The Kier molecular flexibility index (Phi) is 4.79. The standard InChI is InChI=1S/C19H17ClN2O2/c20-18-6-5-12(14(9-21)8-19(23)24)7-16(18)17-11-22-10-13-3-1-2-4-15(13)17/h1-7,10-11,14H,8-9,21H2,(H,23,24)/t14-/m0/s1. The molecule has 1 atom stereocenters. The van der Waals surface area contributed by atoms with Gasteiger partial charge in [-0.2, -0.15) is 0 Å². The minimum Gasteiger partial charge on any atom is -0.481 e. The van der Waals surface area contributed by atoms with Crippen molar-refractivity contribution in [2.24, 2.45) is 5.73 Å². The average molecular weight is 341 g/mol. The predicted octanol–water partition coefficient (Wildman–Crippen LogP) is 4.07. The van der Waals surface area contributed by atoms with E-state index in [-0.39, 0.29) is 18.9 Å². The minimum absolute atomic E-state index is 0.00857. The van der Waals surface area contributed by atoms with Crippen LogP contribution in [0.25, 0.3) is 21.9 Å². The van der Waals surface area contributed by atoms with Crippen molar-refractivity contribution in [2.45, 2.75) is 12.3 Å². The fraction of sp³-hybridized carbons (Fsp3) is 0.158. The van der Waals surface area contributed by atoms with Crippen molar-refractivity contribution in [2.75, 3.05) is 6.54 Å². The molecule has 3 N–H and O–H groups in total. The van der Waals surface area contributed by atoms with Gasteiger partial charge in [0, 0.05) is 39.8 Å². The number of benzene rings is 2. The van der Waals surface area contributed by atoms with Crippen LogP contribution in [0.15, 0.2) is 54.9 Å². The van der Waals surface area contributed by atoms with Crippen molar-refractivity contribution in [3.05, 3.63) is 65.4 Å². The average Bonchev–Trinajstić information content (AvgIpc) is 2.60. The third-order valence-electron chi connectivity index (χ3n) is 4.13. The Morgan fingerprint density at radius 2 is 1.96 bits per heavy atom. The number of halogens is 1. The molecule has 24 heavy (non-hydrogen) atoms. The van der Waals surface area contributed by atoms with E-state index in [1.807, 2.05) is 42.6 Å². The second-order valence-corrected chi connectivity index (χ2v) is 6.09. The quantitative estimate of drug-likeness (QED) is 0.734. The summed E-state index contributed by atoms with van der Waals surface area (Å²) in [6, 6.07) is 13.5. The van der Waals surface area contributed by atoms with Gasteiger partial charge in [-0.1, -0.05) is 41.9 Å². The lowest BCUT2D eigenvalue weighted by atomic mass is 9.92. The third kappa shape index (κ3) is 3.25. The van der Waals surface area contributed by atoms with Gasteiger partial charge >= 0.3 is 5.97 Å². The SMILES string of the molecule is NC[C@H](CC(=O)O)c1ccc(Cl)c(-c2cncc3ccccc23)c1. The lowest BCUT2D eigenvalue weighted by molar-refractivity contribution is -0.137. The number of hydrogen-bond acceptors (Lipinski definition) is 3. The summed E-state index contributed by atoms with van der Waals surface area (Å²) in [5.41, 5.74) is 8.39. The van der Waals surface area contributed by atoms with Crippen molar-refractivity contribution in [3.8, 4) is 11.1 Å². The number of carbonyl (C=O) groups is 1. The van der Waals surface area contributed by atoms with Crippen LogP contribution in [-0.2, 0) is 4.79 Å². The summed E-state index contributed by atoms with van der Waals surface area (Å²) in [5.74, 6) is -1.12. The highest BCUT2D eigenvalue weighted by Gasteiger charge is 2.17. The van der Waals surface area contributed by atoms with Crippen LogP contribution in [0.5, 0.6) is 0 Å². The molecular formula is C19H17ClN2O2. The molecule has 0 saturated heterocycles. The zero-order valence-corrected chi connectivity index (χ0v) is 13.7. The van der Waals surface area contributed by atoms with Crippen molar-refractivity contribution in [1.82, 2.24) is 4.98 Å². The maximum absolute atomic E-state index is 11.0. The number of fused-ring (bicyclic) bond motifs is 1. The molecule has 3 aromatic rings. The molecule has 2 aromatic carbocycles. The highest BCUT2D eigenvalue weighted by atomic mass is 35.5. The molecule has 0 aliphatic carbocycles. The number of aromatic nitrogens is 1. The first-order valence-electron chi connectivity index (χ1n) is 7.64. The maximum Gasteiger partial charge on any atom is 0.304 e. The van der Waals surface area contributed by atoms with Crippen LogP contribution in [0.1, 0.15) is 17.9 Å². The number of nitrogens with zero attached hydrogens (tertiary/aromatic N) is 1. The Morgan fingerprint density at radius 3 is 2.71 bits per heavy atom. The second-order valence-electron chi connectivity index (χ2n) is 5.68. The molecule has 1 heterocycles. The first kappa shape index (κ1) is 16.4. The number of nitrogens with two attached hydrogens (primary N) is 1. The summed E-state index contributed by atoms with van der Waals surface area (Å²) < 4.78 is 0. The Morgan fingerprint density at radius 1 is 1.17 bits per heavy atom. The van der Waals surface area contributed by atoms with Gasteiger partial charge in [0.2, 0.25) is 0 Å². The molecule has 0 unspecified atom stereocenters. The molecule has 0 spiro atoms. The molecular weight excluding hydrogens is 324 g/mol. The minimum atomic E-state index is -0.867. The van der Waals surface area contributed by atoms with Gasteiger partial charge in [-0.05, 0) is 29.6 Å². The van der Waals surface area contributed by atoms with Gasteiger partial charge in [-0.15, -0.1) is 0 Å². The van der Waals surface area contributed by atoms with Crippen LogP contribution in [0.4, 0.5) is 0 Å². The molecule has 0 aliphatic rings. The molecule has 0 saturated carbocycles. The lowest BCUT2D eigenvalue weighted by Crippen LogP contribution is -2.16. The van der Waals surface area contributed by atoms with E-state index in [1.54, 1.807) is 12.3 Å². The third-order valence-corrected chi connectivity index (χ3v) is 4.46. The zero-order valence-electron chi connectivity index (χ0n) is 12.9. The second kappa shape index (κ2) is 6.99. The molecule has 0 aliphatic heterocycles. The monoisotopic (exact) mass is 340 g/mol. The van der Waals surface area contributed by atoms with E-state index in [0.29, 0.717) is 5.02 Å². The number of carboxylic acids is 1. The molecule has 0 bridgehead atoms. The molecule has 0 amide bonds. The molecule has 0 fully saturated rings. The predicted molar refractivity (Wildman–Crippen MR) is 96.2 cm³/mol. The van der Waals surface area contributed by atoms with Crippen LogP contribution in [0, 0.1) is 0 Å². The van der Waals surface area contributed by atoms with Gasteiger partial charge in [0.1, 0.15) is 0 Å². The van der Waals surface area contributed by atoms with Gasteiger partial charge in [0.25, 0.3) is 0 Å². The summed E-state index contributed by atoms with van der Waals surface area (Å²) in [6.45, 7) is 0.265. The smallest absolute Gasteiger partial charge is 0.304 e. The van der Waals surface area contributed by atoms with Crippen LogP contribution in [0.3, 0.4) is 0 Å². The maximum atomic E-state index is 11.0. The van der Waals surface area contributed by atoms with E-state index < -0.39 is 5.97 Å². The van der Waals surface area contributed by atoms with Gasteiger partial charge in [-0.25, -0.2) is 0 Å². The van der Waals surface area contributed by atoms with Gasteiger partial charge in [0.05, 0.1) is 6.42 Å². The first-order valence-corrected chi connectivity index (χ1v) is 8.02. The highest BCUT2D eigenvalue weighted by Crippen LogP contribution is 2.35. The van der Waals surface area contributed by atoms with Crippen molar-refractivity contribution >= 4 is 28.3 Å². The Balaban J connectivity index is 2.13. The van der Waals surface area contributed by atoms with Crippen LogP contribution in [0.2, 0.25) is 5.02 Å². The molecule has 0 radical (unpaired) electrons. The number of hydrogen-bond donors (Lipinski definition) is 2. The Labute approximate surface area is 144 Å². The van der Waals surface area contributed by atoms with Gasteiger partial charge in [-0.3, -0.25) is 9.78 Å². The van der Waals surface area contributed by atoms with E-state index in [0.717, 1.165) is 27.5 Å². The summed E-state index contributed by atoms with van der Waals surface area (Å²) in [7, 11) is 0. The van der Waals surface area contributed by atoms with Gasteiger partial charge in [0.15, 0.2) is 0 Å². The molecule has 122 valence electrons. The Bertz CT molecular complexity index is 890. The summed E-state index contributed by atoms with van der Waals surface area (Å²) >= 11 is 6.41. The van der Waals surface area contributed by atoms with Crippen molar-refractivity contribution < 1.29 is 9.90 Å². The van der Waals surface area contributed by atoms with Crippen LogP contribution >= 0.6 is 11.6 Å². The topological polar surface area (TPSA) is 76.2 Å². The van der Waals surface area contributed by atoms with Crippen molar-refractivity contribution in [3.63, 3.8) is 0 Å². The Hall–Kier alpha value is -2.43. The van der Waals surface area contributed by atoms with E-state index in [2.05, 4.69) is 4.98 Å². The largest absolute Gasteiger partial charge is 0.481 e. The molecule has 4 nitrogen and oxygen atoms in total. The van der Waals surface area contributed by atoms with Crippen molar-refractivity contribution in [1.29, 1.82) is 0 Å². The fourth-order valence-electron chi connectivity index (χ4n) is 2.88. The number of carboxylic acid groups (broad SMARTS) is 1. The van der Waals surface area contributed by atoms with Crippen LogP contribution < -0.4 is 5.73 Å². The van der Waals surface area contributed by atoms with Gasteiger partial charge < -0.3 is 10.8 Å². The van der Waals surface area contributed by atoms with E-state index in [1.165, 1.54) is 0 Å². The highest BCUT2D eigenvalue weighted by molar-refractivity contribution is 6.33. The molecule has 3 rings (SSSR count). The zero-order chi connectivity index (χ0) is 17.1. The molecule has 1 aromatic heterocycles. The summed E-state index contributed by atoms with van der Waals surface area (Å²) in [4.78, 5) is 15.3. The number of rotatable bonds is 5. The number of aliphatic carboxylic acids is 1. The normalized spacial score (nSPS) is 12.2. The molecule has 5 heteroatoms. The fourth-order valence-corrected chi connectivity index (χ4v) is 3.10. The number of pyridine rings is 1. The van der Waals surface area contributed by atoms with E-state index in [4.69, 9.17) is 22.4 Å².